The first-order chi connectivity index (χ1) is 6.66. The van der Waals surface area contributed by atoms with Gasteiger partial charge in [-0.2, -0.15) is 11.8 Å². The van der Waals surface area contributed by atoms with Gasteiger partial charge >= 0.3 is 0 Å². The highest BCUT2D eigenvalue weighted by Gasteiger charge is 2.02. The van der Waals surface area contributed by atoms with Crippen LogP contribution in [0, 0.1) is 11.8 Å². The molecule has 0 aromatic rings. The predicted octanol–water partition coefficient (Wildman–Crippen LogP) is 4.98. The van der Waals surface area contributed by atoms with Crippen molar-refractivity contribution < 1.29 is 0 Å². The lowest BCUT2D eigenvalue weighted by Gasteiger charge is -2.11. The molecule has 0 aliphatic rings. The van der Waals surface area contributed by atoms with Crippen LogP contribution < -0.4 is 0 Å². The Kier molecular flexibility index (Phi) is 10.1. The Hall–Kier alpha value is 0.350. The fourth-order valence-corrected chi connectivity index (χ4v) is 2.61. The second-order valence-electron chi connectivity index (χ2n) is 4.83. The third-order valence-corrected chi connectivity index (χ3v) is 3.80. The first-order valence-electron chi connectivity index (χ1n) is 6.24. The summed E-state index contributed by atoms with van der Waals surface area (Å²) in [7, 11) is 0. The van der Waals surface area contributed by atoms with E-state index in [4.69, 9.17) is 0 Å². The predicted molar refractivity (Wildman–Crippen MR) is 70.1 cm³/mol. The zero-order valence-electron chi connectivity index (χ0n) is 10.5. The van der Waals surface area contributed by atoms with Gasteiger partial charge < -0.3 is 0 Å². The normalized spacial score (nSPS) is 13.5. The van der Waals surface area contributed by atoms with E-state index in [2.05, 4.69) is 39.5 Å². The molecule has 0 heterocycles. The van der Waals surface area contributed by atoms with E-state index >= 15 is 0 Å². The summed E-state index contributed by atoms with van der Waals surface area (Å²) in [4.78, 5) is 0. The smallest absolute Gasteiger partial charge is 0.00650 e. The quantitative estimate of drug-likeness (QED) is 0.490. The Morgan fingerprint density at radius 1 is 0.929 bits per heavy atom. The Bertz CT molecular complexity index is 110. The zero-order chi connectivity index (χ0) is 10.8. The van der Waals surface area contributed by atoms with Gasteiger partial charge in [0.1, 0.15) is 0 Å². The van der Waals surface area contributed by atoms with Crippen LogP contribution in [0.15, 0.2) is 0 Å². The summed E-state index contributed by atoms with van der Waals surface area (Å²) in [6.45, 7) is 9.31. The van der Waals surface area contributed by atoms with Crippen molar-refractivity contribution in [2.75, 3.05) is 11.5 Å². The van der Waals surface area contributed by atoms with Crippen LogP contribution in [-0.2, 0) is 0 Å². The molecule has 0 N–H and O–H groups in total. The molecule has 0 bridgehead atoms. The third kappa shape index (κ3) is 10.4. The van der Waals surface area contributed by atoms with Gasteiger partial charge in [-0.1, -0.05) is 47.0 Å². The Balaban J connectivity index is 3.15. The van der Waals surface area contributed by atoms with E-state index in [1.54, 1.807) is 0 Å². The molecule has 0 aliphatic carbocycles. The van der Waals surface area contributed by atoms with Gasteiger partial charge in [-0.15, -0.1) is 0 Å². The van der Waals surface area contributed by atoms with Gasteiger partial charge in [-0.3, -0.25) is 0 Å². The van der Waals surface area contributed by atoms with E-state index in [0.717, 1.165) is 11.8 Å². The first kappa shape index (κ1) is 14.3. The highest BCUT2D eigenvalue weighted by Crippen LogP contribution is 2.17. The minimum absolute atomic E-state index is 0.886. The Morgan fingerprint density at radius 3 is 2.21 bits per heavy atom. The van der Waals surface area contributed by atoms with Crippen molar-refractivity contribution in [2.24, 2.45) is 11.8 Å². The molecule has 0 nitrogen and oxygen atoms in total. The molecule has 14 heavy (non-hydrogen) atoms. The highest BCUT2D eigenvalue weighted by atomic mass is 32.2. The van der Waals surface area contributed by atoms with Crippen molar-refractivity contribution in [3.05, 3.63) is 0 Å². The molecule has 0 rings (SSSR count). The van der Waals surface area contributed by atoms with Gasteiger partial charge in [0.25, 0.3) is 0 Å². The van der Waals surface area contributed by atoms with E-state index in [-0.39, 0.29) is 0 Å². The van der Waals surface area contributed by atoms with E-state index in [0.29, 0.717) is 0 Å². The number of hydrogen-bond acceptors (Lipinski definition) is 1. The fourth-order valence-electron chi connectivity index (χ4n) is 1.55. The molecule has 0 aromatic heterocycles. The summed E-state index contributed by atoms with van der Waals surface area (Å²) in [5.41, 5.74) is 0. The molecule has 1 atom stereocenters. The van der Waals surface area contributed by atoms with Crippen LogP contribution in [0.3, 0.4) is 0 Å². The summed E-state index contributed by atoms with van der Waals surface area (Å²) >= 11 is 2.12. The van der Waals surface area contributed by atoms with Gasteiger partial charge in [0, 0.05) is 0 Å². The summed E-state index contributed by atoms with van der Waals surface area (Å²) in [6.07, 6.45) is 7.02. The zero-order valence-corrected chi connectivity index (χ0v) is 11.3. The lowest BCUT2D eigenvalue weighted by Crippen LogP contribution is -1.98. The van der Waals surface area contributed by atoms with Gasteiger partial charge in [0.2, 0.25) is 0 Å². The molecule has 0 saturated heterocycles. The summed E-state index contributed by atoms with van der Waals surface area (Å²) in [6, 6.07) is 0. The average molecular weight is 216 g/mol. The maximum atomic E-state index is 2.41. The van der Waals surface area contributed by atoms with Crippen LogP contribution in [0.5, 0.6) is 0 Å². The molecule has 86 valence electrons. The Morgan fingerprint density at radius 2 is 1.64 bits per heavy atom. The lowest BCUT2D eigenvalue weighted by molar-refractivity contribution is 0.451. The first-order valence-corrected chi connectivity index (χ1v) is 7.40. The SMILES string of the molecule is CCCSCCC(C)CCCC(C)C. The van der Waals surface area contributed by atoms with Crippen LogP contribution in [0.2, 0.25) is 0 Å². The maximum absolute atomic E-state index is 2.41. The topological polar surface area (TPSA) is 0 Å². The average Bonchev–Trinajstić information content (AvgIpc) is 2.12. The molecule has 0 radical (unpaired) electrons. The number of thioether (sulfide) groups is 1. The van der Waals surface area contributed by atoms with Crippen molar-refractivity contribution in [3.63, 3.8) is 0 Å². The molecular weight excluding hydrogens is 188 g/mol. The largest absolute Gasteiger partial charge is 0.162 e. The number of hydrogen-bond donors (Lipinski definition) is 0. The van der Waals surface area contributed by atoms with Gasteiger partial charge in [-0.05, 0) is 36.2 Å². The van der Waals surface area contributed by atoms with Gasteiger partial charge in [-0.25, -0.2) is 0 Å². The van der Waals surface area contributed by atoms with E-state index < -0.39 is 0 Å². The Labute approximate surface area is 95.2 Å². The summed E-state index contributed by atoms with van der Waals surface area (Å²) in [5, 5.41) is 0. The van der Waals surface area contributed by atoms with E-state index in [1.807, 2.05) is 0 Å². The molecule has 1 unspecified atom stereocenters. The molecule has 0 aliphatic heterocycles. The minimum atomic E-state index is 0.886. The van der Waals surface area contributed by atoms with Crippen molar-refractivity contribution in [3.8, 4) is 0 Å². The molecule has 0 amide bonds. The minimum Gasteiger partial charge on any atom is -0.162 e. The molecule has 0 spiro atoms. The van der Waals surface area contributed by atoms with Gasteiger partial charge in [0.15, 0.2) is 0 Å². The van der Waals surface area contributed by atoms with Crippen LogP contribution >= 0.6 is 11.8 Å². The standard InChI is InChI=1S/C13H28S/c1-5-10-14-11-9-13(4)8-6-7-12(2)3/h12-13H,5-11H2,1-4H3. The van der Waals surface area contributed by atoms with Crippen molar-refractivity contribution >= 4 is 11.8 Å². The van der Waals surface area contributed by atoms with Crippen LogP contribution in [0.1, 0.15) is 59.8 Å². The number of rotatable bonds is 9. The van der Waals surface area contributed by atoms with Crippen LogP contribution in [0.4, 0.5) is 0 Å². The van der Waals surface area contributed by atoms with Crippen molar-refractivity contribution in [1.29, 1.82) is 0 Å². The second-order valence-corrected chi connectivity index (χ2v) is 6.06. The maximum Gasteiger partial charge on any atom is -0.00650 e. The highest BCUT2D eigenvalue weighted by molar-refractivity contribution is 7.99. The lowest BCUT2D eigenvalue weighted by atomic mass is 9.98. The van der Waals surface area contributed by atoms with Gasteiger partial charge in [0.05, 0.1) is 0 Å². The van der Waals surface area contributed by atoms with Crippen molar-refractivity contribution in [1.82, 2.24) is 0 Å². The van der Waals surface area contributed by atoms with E-state index in [9.17, 15) is 0 Å². The van der Waals surface area contributed by atoms with Crippen molar-refractivity contribution in [2.45, 2.75) is 59.8 Å². The summed E-state index contributed by atoms with van der Waals surface area (Å²) < 4.78 is 0. The summed E-state index contributed by atoms with van der Waals surface area (Å²) in [5.74, 6) is 4.55. The van der Waals surface area contributed by atoms with Crippen LogP contribution in [-0.4, -0.2) is 11.5 Å². The van der Waals surface area contributed by atoms with Crippen LogP contribution in [0.25, 0.3) is 0 Å². The second kappa shape index (κ2) is 9.89. The molecule has 0 saturated carbocycles. The van der Waals surface area contributed by atoms with E-state index in [1.165, 1.54) is 43.6 Å². The molecule has 1 heteroatoms. The molecule has 0 fully saturated rings. The molecule has 0 aromatic carbocycles. The fraction of sp³-hybridized carbons (Fsp3) is 1.00. The monoisotopic (exact) mass is 216 g/mol. The molecular formula is C13H28S. The third-order valence-electron chi connectivity index (χ3n) is 2.58.